The molecule has 28 heavy (non-hydrogen) atoms. The lowest BCUT2D eigenvalue weighted by molar-refractivity contribution is -0.142. The number of nitrogens with zero attached hydrogens (tertiary/aromatic N) is 3. The van der Waals surface area contributed by atoms with Crippen molar-refractivity contribution in [1.82, 2.24) is 14.7 Å². The van der Waals surface area contributed by atoms with Gasteiger partial charge in [-0.15, -0.1) is 0 Å². The van der Waals surface area contributed by atoms with Crippen molar-refractivity contribution in [2.45, 2.75) is 38.2 Å². The Morgan fingerprint density at radius 3 is 2.54 bits per heavy atom. The number of para-hydroxylation sites is 1. The highest BCUT2D eigenvalue weighted by Gasteiger charge is 2.40. The number of primary amides is 1. The summed E-state index contributed by atoms with van der Waals surface area (Å²) in [5, 5.41) is 3.45. The molecule has 10 heteroatoms. The number of alkyl halides is 3. The summed E-state index contributed by atoms with van der Waals surface area (Å²) in [4.78, 5) is 25.7. The van der Waals surface area contributed by atoms with Crippen LogP contribution in [-0.4, -0.2) is 45.2 Å². The molecule has 1 saturated heterocycles. The second-order valence-corrected chi connectivity index (χ2v) is 6.58. The van der Waals surface area contributed by atoms with Gasteiger partial charge in [0, 0.05) is 12.1 Å². The zero-order valence-corrected chi connectivity index (χ0v) is 15.0. The highest BCUT2D eigenvalue weighted by molar-refractivity contribution is 5.87. The summed E-state index contributed by atoms with van der Waals surface area (Å²) in [7, 11) is 0. The van der Waals surface area contributed by atoms with E-state index in [1.165, 1.54) is 11.8 Å². The second-order valence-electron chi connectivity index (χ2n) is 6.58. The van der Waals surface area contributed by atoms with Crippen LogP contribution in [-0.2, 0) is 22.3 Å². The van der Waals surface area contributed by atoms with Crippen LogP contribution in [0.4, 0.5) is 13.2 Å². The lowest BCUT2D eigenvalue weighted by atomic mass is 10.2. The number of hydrogen-bond donors (Lipinski definition) is 1. The van der Waals surface area contributed by atoms with Gasteiger partial charge >= 0.3 is 6.18 Å². The largest absolute Gasteiger partial charge is 0.488 e. The number of aromatic nitrogens is 2. The smallest absolute Gasteiger partial charge is 0.435 e. The Morgan fingerprint density at radius 1 is 1.29 bits per heavy atom. The number of halogens is 3. The first-order valence-electron chi connectivity index (χ1n) is 8.57. The molecule has 0 unspecified atom stereocenters. The van der Waals surface area contributed by atoms with Crippen molar-refractivity contribution in [2.24, 2.45) is 5.73 Å². The molecule has 0 spiro atoms. The lowest BCUT2D eigenvalue weighted by Gasteiger charge is -2.22. The van der Waals surface area contributed by atoms with Crippen LogP contribution in [0, 0.1) is 6.92 Å². The Balaban J connectivity index is 1.72. The molecule has 0 saturated carbocycles. The number of rotatable bonds is 5. The minimum Gasteiger partial charge on any atom is -0.488 e. The van der Waals surface area contributed by atoms with E-state index in [0.717, 1.165) is 10.7 Å². The number of aryl methyl sites for hydroxylation is 1. The van der Waals surface area contributed by atoms with Gasteiger partial charge in [-0.3, -0.25) is 14.3 Å². The Morgan fingerprint density at radius 2 is 1.96 bits per heavy atom. The number of amides is 2. The van der Waals surface area contributed by atoms with Crippen molar-refractivity contribution in [2.75, 3.05) is 6.54 Å². The van der Waals surface area contributed by atoms with E-state index in [1.807, 2.05) is 6.07 Å². The van der Waals surface area contributed by atoms with Crippen molar-refractivity contribution >= 4 is 11.8 Å². The predicted molar refractivity (Wildman–Crippen MR) is 92.1 cm³/mol. The molecule has 1 aromatic heterocycles. The first-order valence-corrected chi connectivity index (χ1v) is 8.57. The Bertz CT molecular complexity index is 867. The zero-order chi connectivity index (χ0) is 20.5. The fraction of sp³-hybridized carbons (Fsp3) is 0.389. The van der Waals surface area contributed by atoms with Crippen LogP contribution in [0.3, 0.4) is 0 Å². The third-order valence-corrected chi connectivity index (χ3v) is 4.51. The molecular weight excluding hydrogens is 377 g/mol. The highest BCUT2D eigenvalue weighted by Crippen LogP contribution is 2.29. The predicted octanol–water partition coefficient (Wildman–Crippen LogP) is 1.74. The molecule has 3 rings (SSSR count). The summed E-state index contributed by atoms with van der Waals surface area (Å²) in [6.07, 6.45) is -4.84. The molecular formula is C18H19F3N4O3. The van der Waals surface area contributed by atoms with Gasteiger partial charge in [0.05, 0.1) is 6.54 Å². The SMILES string of the molecule is Cc1cc(C(F)(F)F)nn1CC(=O)N1C[C@@H](Oc2ccccc2)C[C@H]1C(N)=O. The average Bonchev–Trinajstić information content (AvgIpc) is 3.20. The van der Waals surface area contributed by atoms with Crippen LogP contribution in [0.5, 0.6) is 5.75 Å². The summed E-state index contributed by atoms with van der Waals surface area (Å²) >= 11 is 0. The van der Waals surface area contributed by atoms with Crippen molar-refractivity contribution in [3.63, 3.8) is 0 Å². The molecule has 2 amide bonds. The monoisotopic (exact) mass is 396 g/mol. The van der Waals surface area contributed by atoms with Gasteiger partial charge in [-0.1, -0.05) is 18.2 Å². The molecule has 0 bridgehead atoms. The van der Waals surface area contributed by atoms with Gasteiger partial charge in [0.1, 0.15) is 24.4 Å². The second kappa shape index (κ2) is 7.53. The zero-order valence-electron chi connectivity index (χ0n) is 15.0. The van der Waals surface area contributed by atoms with Gasteiger partial charge in [-0.25, -0.2) is 0 Å². The maximum Gasteiger partial charge on any atom is 0.435 e. The van der Waals surface area contributed by atoms with Gasteiger partial charge in [-0.2, -0.15) is 18.3 Å². The summed E-state index contributed by atoms with van der Waals surface area (Å²) in [6, 6.07) is 8.87. The summed E-state index contributed by atoms with van der Waals surface area (Å²) in [5.41, 5.74) is 4.52. The Labute approximate surface area is 158 Å². The number of carbonyl (C=O) groups is 2. The van der Waals surface area contributed by atoms with Crippen molar-refractivity contribution < 1.29 is 27.5 Å². The van der Waals surface area contributed by atoms with Gasteiger partial charge in [0.25, 0.3) is 0 Å². The fourth-order valence-electron chi connectivity index (χ4n) is 3.15. The highest BCUT2D eigenvalue weighted by atomic mass is 19.4. The van der Waals surface area contributed by atoms with E-state index in [-0.39, 0.29) is 18.7 Å². The van der Waals surface area contributed by atoms with Crippen molar-refractivity contribution in [1.29, 1.82) is 0 Å². The number of nitrogens with two attached hydrogens (primary N) is 1. The molecule has 2 aromatic rings. The van der Waals surface area contributed by atoms with Gasteiger partial charge in [0.15, 0.2) is 5.69 Å². The van der Waals surface area contributed by atoms with E-state index >= 15 is 0 Å². The van der Waals surface area contributed by atoms with Gasteiger partial charge < -0.3 is 15.4 Å². The molecule has 1 fully saturated rings. The number of benzene rings is 1. The van der Waals surface area contributed by atoms with Crippen molar-refractivity contribution in [3.8, 4) is 5.75 Å². The van der Waals surface area contributed by atoms with Gasteiger partial charge in [-0.05, 0) is 25.1 Å². The minimum atomic E-state index is -4.60. The molecule has 2 N–H and O–H groups in total. The quantitative estimate of drug-likeness (QED) is 0.834. The van der Waals surface area contributed by atoms with E-state index in [0.29, 0.717) is 5.75 Å². The Kier molecular flexibility index (Phi) is 5.30. The van der Waals surface area contributed by atoms with E-state index in [4.69, 9.17) is 10.5 Å². The topological polar surface area (TPSA) is 90.4 Å². The molecule has 2 heterocycles. The van der Waals surface area contributed by atoms with Gasteiger partial charge in [0.2, 0.25) is 11.8 Å². The summed E-state index contributed by atoms with van der Waals surface area (Å²) in [6.45, 7) is 1.10. The summed E-state index contributed by atoms with van der Waals surface area (Å²) in [5.74, 6) is -0.661. The number of likely N-dealkylation sites (tertiary alicyclic amines) is 1. The molecule has 1 aliphatic rings. The fourth-order valence-corrected chi connectivity index (χ4v) is 3.15. The average molecular weight is 396 g/mol. The normalized spacial score (nSPS) is 19.6. The Hall–Kier alpha value is -3.04. The first-order chi connectivity index (χ1) is 13.1. The third-order valence-electron chi connectivity index (χ3n) is 4.51. The van der Waals surface area contributed by atoms with Crippen molar-refractivity contribution in [3.05, 3.63) is 47.8 Å². The molecule has 2 atom stereocenters. The number of ether oxygens (including phenoxy) is 1. The van der Waals surface area contributed by atoms with E-state index in [9.17, 15) is 22.8 Å². The van der Waals surface area contributed by atoms with Crippen LogP contribution < -0.4 is 10.5 Å². The minimum absolute atomic E-state index is 0.105. The number of carbonyl (C=O) groups excluding carboxylic acids is 2. The number of hydrogen-bond acceptors (Lipinski definition) is 4. The molecule has 1 aromatic carbocycles. The van der Waals surface area contributed by atoms with E-state index in [2.05, 4.69) is 5.10 Å². The standard InChI is InChI=1S/C18H19F3N4O3/c1-11-7-15(18(19,20)21)23-25(11)10-16(26)24-9-13(8-14(24)17(22)27)28-12-5-3-2-4-6-12/h2-7,13-14H,8-10H2,1H3,(H2,22,27)/t13-,14-/m0/s1. The van der Waals surface area contributed by atoms with Crippen LogP contribution in [0.1, 0.15) is 17.8 Å². The molecule has 1 aliphatic heterocycles. The molecule has 7 nitrogen and oxygen atoms in total. The summed E-state index contributed by atoms with van der Waals surface area (Å²) < 4.78 is 45.1. The maximum atomic E-state index is 12.8. The van der Waals surface area contributed by atoms with Crippen LogP contribution >= 0.6 is 0 Å². The maximum absolute atomic E-state index is 12.8. The molecule has 0 aliphatic carbocycles. The molecule has 150 valence electrons. The van der Waals surface area contributed by atoms with Crippen LogP contribution in [0.2, 0.25) is 0 Å². The van der Waals surface area contributed by atoms with E-state index < -0.39 is 42.4 Å². The lowest BCUT2D eigenvalue weighted by Crippen LogP contribution is -2.45. The molecule has 0 radical (unpaired) electrons. The first kappa shape index (κ1) is 19.7. The van der Waals surface area contributed by atoms with E-state index in [1.54, 1.807) is 24.3 Å². The third kappa shape index (κ3) is 4.26. The van der Waals surface area contributed by atoms with Crippen LogP contribution in [0.25, 0.3) is 0 Å². The van der Waals surface area contributed by atoms with Crippen LogP contribution in [0.15, 0.2) is 36.4 Å².